The van der Waals surface area contributed by atoms with Crippen LogP contribution in [0.2, 0.25) is 0 Å². The van der Waals surface area contributed by atoms with E-state index in [1.807, 2.05) is 55.8 Å². The van der Waals surface area contributed by atoms with Gasteiger partial charge in [0.2, 0.25) is 0 Å². The minimum atomic E-state index is 0. The molecule has 0 N–H and O–H groups in total. The maximum atomic E-state index is 4.79. The van der Waals surface area contributed by atoms with Gasteiger partial charge in [-0.15, -0.1) is 212 Å². The van der Waals surface area contributed by atoms with Crippen molar-refractivity contribution in [1.82, 2.24) is 57.3 Å². The fourth-order valence-electron chi connectivity index (χ4n) is 20.1. The summed E-state index contributed by atoms with van der Waals surface area (Å²) in [5.41, 5.74) is 43.5. The molecule has 0 radical (unpaired) electrons. The van der Waals surface area contributed by atoms with Crippen LogP contribution in [-0.2, 0) is 117 Å². The predicted molar refractivity (Wildman–Crippen MR) is 561 cm³/mol. The Balaban J connectivity index is 0.000000191. The summed E-state index contributed by atoms with van der Waals surface area (Å²) in [5.74, 6) is 5.42. The van der Waals surface area contributed by atoms with Gasteiger partial charge in [-0.2, -0.15) is 0 Å². The molecule has 0 bridgehead atoms. The van der Waals surface area contributed by atoms with Crippen molar-refractivity contribution in [2.45, 2.75) is 160 Å². The molecular formula is C126H114Ir2N12. The largest absolute Gasteiger partial charge is 3.00 e. The number of rotatable bonds is 30. The molecule has 0 aliphatic rings. The van der Waals surface area contributed by atoms with Crippen LogP contribution >= 0.6 is 0 Å². The third-order valence-corrected chi connectivity index (χ3v) is 26.7. The molecule has 0 aliphatic carbocycles. The molecule has 0 atom stereocenters. The number of benzene rings is 14. The van der Waals surface area contributed by atoms with Crippen LogP contribution in [0.15, 0.2) is 329 Å². The van der Waals surface area contributed by atoms with E-state index >= 15 is 0 Å². The van der Waals surface area contributed by atoms with E-state index in [0.717, 1.165) is 162 Å². The van der Waals surface area contributed by atoms with Crippen LogP contribution < -0.4 is 0 Å². The summed E-state index contributed by atoms with van der Waals surface area (Å²) in [5, 5.41) is 0. The Kier molecular flexibility index (Phi) is 30.7. The monoisotopic (exact) mass is 2180 g/mol. The zero-order valence-corrected chi connectivity index (χ0v) is 86.5. The molecule has 0 unspecified atom stereocenters. The van der Waals surface area contributed by atoms with Crippen LogP contribution in [0.5, 0.6) is 0 Å². The van der Waals surface area contributed by atoms with Crippen molar-refractivity contribution < 1.29 is 40.2 Å². The van der Waals surface area contributed by atoms with Gasteiger partial charge < -0.3 is 27.4 Å². The first-order chi connectivity index (χ1) is 67.3. The minimum Gasteiger partial charge on any atom is -0.340 e. The van der Waals surface area contributed by atoms with E-state index < -0.39 is 0 Å². The van der Waals surface area contributed by atoms with E-state index in [9.17, 15) is 0 Å². The fraction of sp³-hybridized carbons (Fsp3) is 0.190. The Labute approximate surface area is 852 Å². The van der Waals surface area contributed by atoms with Crippen molar-refractivity contribution >= 4 is 0 Å². The third kappa shape index (κ3) is 22.3. The van der Waals surface area contributed by atoms with Gasteiger partial charge in [-0.1, -0.05) is 183 Å². The molecule has 0 fully saturated rings. The van der Waals surface area contributed by atoms with Gasteiger partial charge in [0.1, 0.15) is 0 Å². The smallest absolute Gasteiger partial charge is 0.340 e. The SMILES string of the molecule is Cc1cc(C)c(-n2ccnc2-c2[c-]cc(CCc3cc(CCc4c[c-]c(-c5nccn5-c5c(C)cc(C)cc5C)cc4)cc(CCc4c[c-]c(-c5nccn5-c5c(C)cc(C)cc5C)cc4)c3)cc2)c(C)c1.Cc1ccccc1-n1ccnc1-c1[c-]cc(CCc2cc(CCc3c[c-]c(-c4nccn4-c4ccccc4C)cc3)cc(CCc3c[c-]c(-c4nccn4-c4ccccc4C)cc3)c2)cc1.[Ir+3].[Ir+3]. The molecule has 0 aliphatic heterocycles. The Hall–Kier alpha value is -14.4. The number of hydrogen-bond donors (Lipinski definition) is 0. The van der Waals surface area contributed by atoms with Crippen molar-refractivity contribution in [1.29, 1.82) is 0 Å². The van der Waals surface area contributed by atoms with Crippen molar-refractivity contribution in [3.05, 3.63) is 499 Å². The first-order valence-corrected chi connectivity index (χ1v) is 48.2. The molecule has 0 saturated carbocycles. The number of imidazole rings is 6. The Bertz CT molecular complexity index is 6870. The van der Waals surface area contributed by atoms with Gasteiger partial charge in [-0.3, -0.25) is 29.9 Å². The van der Waals surface area contributed by atoms with Crippen LogP contribution in [-0.4, -0.2) is 57.3 Å². The van der Waals surface area contributed by atoms with E-state index in [2.05, 4.69) is 420 Å². The quantitative estimate of drug-likeness (QED) is 0.0415. The van der Waals surface area contributed by atoms with E-state index in [1.54, 1.807) is 0 Å². The normalized spacial score (nSPS) is 11.2. The Morgan fingerprint density at radius 1 is 0.186 bits per heavy atom. The van der Waals surface area contributed by atoms with Crippen molar-refractivity contribution in [2.75, 3.05) is 0 Å². The van der Waals surface area contributed by atoms with E-state index in [1.165, 1.54) is 151 Å². The van der Waals surface area contributed by atoms with Crippen LogP contribution in [0.4, 0.5) is 0 Å². The number of hydrogen-bond acceptors (Lipinski definition) is 6. The Morgan fingerprint density at radius 3 is 0.536 bits per heavy atom. The summed E-state index contributed by atoms with van der Waals surface area (Å²) in [6.45, 7) is 25.9. The molecule has 20 aromatic rings. The summed E-state index contributed by atoms with van der Waals surface area (Å²) >= 11 is 0. The van der Waals surface area contributed by atoms with Crippen molar-refractivity contribution in [3.8, 4) is 102 Å². The molecule has 6 aromatic heterocycles. The summed E-state index contributed by atoms with van der Waals surface area (Å²) in [6.07, 6.45) is 34.7. The zero-order chi connectivity index (χ0) is 94.9. The van der Waals surface area contributed by atoms with Gasteiger partial charge in [0, 0.05) is 108 Å². The van der Waals surface area contributed by atoms with Crippen LogP contribution in [0.3, 0.4) is 0 Å². The van der Waals surface area contributed by atoms with Crippen LogP contribution in [0.1, 0.15) is 134 Å². The molecule has 0 spiro atoms. The first-order valence-electron chi connectivity index (χ1n) is 48.2. The molecular weight excluding hydrogens is 2070 g/mol. The summed E-state index contributed by atoms with van der Waals surface area (Å²) < 4.78 is 13.1. The second-order valence-corrected chi connectivity index (χ2v) is 37.3. The van der Waals surface area contributed by atoms with Crippen molar-refractivity contribution in [3.63, 3.8) is 0 Å². The topological polar surface area (TPSA) is 107 Å². The predicted octanol–water partition coefficient (Wildman–Crippen LogP) is 27.7. The maximum Gasteiger partial charge on any atom is 3.00 e. The number of nitrogens with zero attached hydrogens (tertiary/aromatic N) is 12. The summed E-state index contributed by atoms with van der Waals surface area (Å²) in [7, 11) is 0. The average molecular weight is 2180 g/mol. The molecule has 0 saturated heterocycles. The maximum absolute atomic E-state index is 4.79. The number of para-hydroxylation sites is 3. The molecule has 6 heterocycles. The van der Waals surface area contributed by atoms with Gasteiger partial charge in [-0.25, -0.2) is 0 Å². The number of aryl methyl sites for hydroxylation is 24. The minimum absolute atomic E-state index is 0. The van der Waals surface area contributed by atoms with Gasteiger partial charge in [0.15, 0.2) is 0 Å². The van der Waals surface area contributed by atoms with Gasteiger partial charge in [0.25, 0.3) is 0 Å². The first kappa shape index (κ1) is 97.3. The van der Waals surface area contributed by atoms with E-state index in [0.29, 0.717) is 0 Å². The molecule has 696 valence electrons. The fourth-order valence-corrected chi connectivity index (χ4v) is 20.1. The molecule has 0 amide bonds. The van der Waals surface area contributed by atoms with Crippen LogP contribution in [0.25, 0.3) is 102 Å². The molecule has 20 rings (SSSR count). The Morgan fingerprint density at radius 2 is 0.357 bits per heavy atom. The van der Waals surface area contributed by atoms with Gasteiger partial charge >= 0.3 is 40.2 Å². The molecule has 12 nitrogen and oxygen atoms in total. The summed E-state index contributed by atoms with van der Waals surface area (Å²) in [4.78, 5) is 28.5. The second kappa shape index (κ2) is 44.2. The average Bonchev–Trinajstić information content (AvgIpc) is 1.58. The summed E-state index contributed by atoms with van der Waals surface area (Å²) in [6, 6.07) is 114. The zero-order valence-electron chi connectivity index (χ0n) is 81.7. The van der Waals surface area contributed by atoms with Crippen molar-refractivity contribution in [2.24, 2.45) is 0 Å². The van der Waals surface area contributed by atoms with Gasteiger partial charge in [-0.05, 0) is 223 Å². The molecule has 14 aromatic carbocycles. The number of aromatic nitrogens is 12. The third-order valence-electron chi connectivity index (χ3n) is 26.7. The molecule has 140 heavy (non-hydrogen) atoms. The second-order valence-electron chi connectivity index (χ2n) is 37.3. The standard InChI is InChI=1S/C66H63N6.C60H51N6.2Ir/c1-43-34-46(4)61(47(5)35-43)70-31-28-67-64(70)58-22-16-52(17-23-58)10-13-55-40-56(14-11-53-18-24-59(25-19-53)65-68-29-32-71(65)62-48(6)36-44(2)37-49(62)7)42-57(41-55)15-12-54-20-26-60(27-21-54)66-69-30-33-72(66)63-50(8)38-45(3)39-51(63)9;1-43-10-4-7-13-55(43)64-37-34-61-58(64)52-28-22-46(23-29-52)16-19-49-40-50(20-17-47-24-30-53(31-25-47)59-62-35-38-65(59)56-14-8-5-11-44(56)2)42-51(41-49)21-18-48-26-32-54(33-27-48)60-63-36-39-66(60)57-15-9-6-12-45(57)3;;/h16-22,24,26,28-42H,10-15H2,1-9H3;4-15,22-28,30,32,34-42H,16-21H2,1-3H3;;/q2*-3;2*+3. The van der Waals surface area contributed by atoms with Crippen LogP contribution in [0, 0.1) is 119 Å². The molecule has 14 heteroatoms. The van der Waals surface area contributed by atoms with Gasteiger partial charge in [0.05, 0.1) is 34.9 Å². The van der Waals surface area contributed by atoms with E-state index in [-0.39, 0.29) is 40.2 Å². The van der Waals surface area contributed by atoms with E-state index in [4.69, 9.17) is 29.9 Å².